The molecule has 5 heteroatoms. The smallest absolute Gasteiger partial charge is 0.239 e. The van der Waals surface area contributed by atoms with E-state index in [-0.39, 0.29) is 18.5 Å². The fourth-order valence-electron chi connectivity index (χ4n) is 1.35. The quantitative estimate of drug-likeness (QED) is 0.727. The Hall–Kier alpha value is -1.62. The highest BCUT2D eigenvalue weighted by molar-refractivity contribution is 7.80. The number of rotatable bonds is 4. The minimum Gasteiger partial charge on any atom is -0.353 e. The molecule has 0 aliphatic heterocycles. The first-order valence-electron chi connectivity index (χ1n) is 5.88. The van der Waals surface area contributed by atoms with Crippen molar-refractivity contribution in [2.75, 3.05) is 11.9 Å². The number of aryl methyl sites for hydroxylation is 1. The van der Waals surface area contributed by atoms with Gasteiger partial charge in [0, 0.05) is 11.7 Å². The molecule has 1 rings (SSSR count). The molecule has 0 saturated carbocycles. The second-order valence-corrected chi connectivity index (χ2v) is 4.80. The van der Waals surface area contributed by atoms with Crippen LogP contribution in [-0.4, -0.2) is 23.6 Å². The third-order valence-corrected chi connectivity index (χ3v) is 2.42. The summed E-state index contributed by atoms with van der Waals surface area (Å²) in [5, 5.41) is 9.10. The molecule has 1 aromatic rings. The van der Waals surface area contributed by atoms with Crippen LogP contribution in [0.4, 0.5) is 5.69 Å². The Bertz CT molecular complexity index is 415. The third kappa shape index (κ3) is 5.63. The molecule has 98 valence electrons. The highest BCUT2D eigenvalue weighted by Gasteiger charge is 2.04. The minimum absolute atomic E-state index is 0.0712. The van der Waals surface area contributed by atoms with Crippen molar-refractivity contribution in [3.63, 3.8) is 0 Å². The van der Waals surface area contributed by atoms with Gasteiger partial charge in [0.05, 0.1) is 6.54 Å². The predicted molar refractivity (Wildman–Crippen MR) is 78.7 cm³/mol. The molecule has 18 heavy (non-hydrogen) atoms. The number of amides is 1. The van der Waals surface area contributed by atoms with Gasteiger partial charge in [0.25, 0.3) is 0 Å². The Morgan fingerprint density at radius 2 is 1.89 bits per heavy atom. The maximum Gasteiger partial charge on any atom is 0.239 e. The van der Waals surface area contributed by atoms with Crippen molar-refractivity contribution >= 4 is 28.9 Å². The van der Waals surface area contributed by atoms with Crippen LogP contribution >= 0.6 is 12.2 Å². The second kappa shape index (κ2) is 6.96. The van der Waals surface area contributed by atoms with Gasteiger partial charge in [0.2, 0.25) is 5.91 Å². The van der Waals surface area contributed by atoms with Gasteiger partial charge in [0.1, 0.15) is 0 Å². The van der Waals surface area contributed by atoms with Crippen LogP contribution in [0.25, 0.3) is 0 Å². The Kier molecular flexibility index (Phi) is 5.58. The van der Waals surface area contributed by atoms with E-state index in [9.17, 15) is 4.79 Å². The van der Waals surface area contributed by atoms with Crippen molar-refractivity contribution in [3.8, 4) is 0 Å². The number of nitrogens with one attached hydrogen (secondary N) is 3. The van der Waals surface area contributed by atoms with Gasteiger partial charge in [-0.1, -0.05) is 17.7 Å². The van der Waals surface area contributed by atoms with Gasteiger partial charge in [-0.3, -0.25) is 4.79 Å². The molecule has 0 aliphatic rings. The molecule has 0 spiro atoms. The molecule has 0 unspecified atom stereocenters. The number of thiocarbonyl (C=S) groups is 1. The van der Waals surface area contributed by atoms with Gasteiger partial charge >= 0.3 is 0 Å². The van der Waals surface area contributed by atoms with Crippen molar-refractivity contribution in [2.45, 2.75) is 26.8 Å². The number of hydrogen-bond acceptors (Lipinski definition) is 2. The van der Waals surface area contributed by atoms with Gasteiger partial charge < -0.3 is 16.0 Å². The Morgan fingerprint density at radius 3 is 2.44 bits per heavy atom. The van der Waals surface area contributed by atoms with Crippen molar-refractivity contribution in [3.05, 3.63) is 29.8 Å². The van der Waals surface area contributed by atoms with Crippen LogP contribution in [0.3, 0.4) is 0 Å². The van der Waals surface area contributed by atoms with E-state index >= 15 is 0 Å². The van der Waals surface area contributed by atoms with Crippen LogP contribution in [0, 0.1) is 6.92 Å². The SMILES string of the molecule is Cc1ccc(NC(=S)NCC(=O)NC(C)C)cc1. The first kappa shape index (κ1) is 14.4. The lowest BCUT2D eigenvalue weighted by Crippen LogP contribution is -2.41. The number of hydrogen-bond donors (Lipinski definition) is 3. The molecule has 0 saturated heterocycles. The van der Waals surface area contributed by atoms with Crippen LogP contribution < -0.4 is 16.0 Å². The van der Waals surface area contributed by atoms with Gasteiger partial charge in [-0.15, -0.1) is 0 Å². The summed E-state index contributed by atoms with van der Waals surface area (Å²) in [6.45, 7) is 6.04. The predicted octanol–water partition coefficient (Wildman–Crippen LogP) is 1.81. The van der Waals surface area contributed by atoms with E-state index < -0.39 is 0 Å². The molecule has 0 fully saturated rings. The summed E-state index contributed by atoms with van der Waals surface area (Å²) in [7, 11) is 0. The van der Waals surface area contributed by atoms with Crippen LogP contribution in [0.1, 0.15) is 19.4 Å². The lowest BCUT2D eigenvalue weighted by atomic mass is 10.2. The van der Waals surface area contributed by atoms with Crippen molar-refractivity contribution in [2.24, 2.45) is 0 Å². The van der Waals surface area contributed by atoms with Gasteiger partial charge in [0.15, 0.2) is 5.11 Å². The summed E-state index contributed by atoms with van der Waals surface area (Å²) in [6, 6.07) is 8.01. The lowest BCUT2D eigenvalue weighted by molar-refractivity contribution is -0.120. The van der Waals surface area contributed by atoms with E-state index in [1.54, 1.807) is 0 Å². The lowest BCUT2D eigenvalue weighted by Gasteiger charge is -2.12. The highest BCUT2D eigenvalue weighted by atomic mass is 32.1. The zero-order chi connectivity index (χ0) is 13.5. The molecule has 0 bridgehead atoms. The highest BCUT2D eigenvalue weighted by Crippen LogP contribution is 2.07. The number of carbonyl (C=O) groups excluding carboxylic acids is 1. The number of benzene rings is 1. The zero-order valence-electron chi connectivity index (χ0n) is 10.9. The van der Waals surface area contributed by atoms with Crippen molar-refractivity contribution in [1.82, 2.24) is 10.6 Å². The Labute approximate surface area is 113 Å². The zero-order valence-corrected chi connectivity index (χ0v) is 11.7. The van der Waals surface area contributed by atoms with E-state index in [1.165, 1.54) is 5.56 Å². The molecule has 0 aliphatic carbocycles. The summed E-state index contributed by atoms with van der Waals surface area (Å²) < 4.78 is 0. The van der Waals surface area contributed by atoms with Gasteiger partial charge in [-0.25, -0.2) is 0 Å². The van der Waals surface area contributed by atoms with E-state index in [4.69, 9.17) is 12.2 Å². The summed E-state index contributed by atoms with van der Waals surface area (Å²) in [5.74, 6) is -0.0712. The first-order chi connectivity index (χ1) is 8.47. The molecule has 3 N–H and O–H groups in total. The standard InChI is InChI=1S/C13H19N3OS/c1-9(2)15-12(17)8-14-13(18)16-11-6-4-10(3)5-7-11/h4-7,9H,8H2,1-3H3,(H,15,17)(H2,14,16,18). The van der Waals surface area contributed by atoms with E-state index in [2.05, 4.69) is 16.0 Å². The molecule has 0 radical (unpaired) electrons. The Balaban J connectivity index is 2.34. The fourth-order valence-corrected chi connectivity index (χ4v) is 1.54. The average molecular weight is 265 g/mol. The molecule has 0 aromatic heterocycles. The molecular weight excluding hydrogens is 246 g/mol. The van der Waals surface area contributed by atoms with E-state index in [0.29, 0.717) is 5.11 Å². The topological polar surface area (TPSA) is 53.2 Å². The molecular formula is C13H19N3OS. The number of carbonyl (C=O) groups is 1. The normalized spacial score (nSPS) is 10.0. The maximum atomic E-state index is 11.4. The summed E-state index contributed by atoms with van der Waals surface area (Å²) >= 11 is 5.10. The van der Waals surface area contributed by atoms with Crippen molar-refractivity contribution < 1.29 is 4.79 Å². The molecule has 1 aromatic carbocycles. The number of anilines is 1. The molecule has 4 nitrogen and oxygen atoms in total. The van der Waals surface area contributed by atoms with Crippen molar-refractivity contribution in [1.29, 1.82) is 0 Å². The monoisotopic (exact) mass is 265 g/mol. The van der Waals surface area contributed by atoms with Crippen LogP contribution in [0.15, 0.2) is 24.3 Å². The summed E-state index contributed by atoms with van der Waals surface area (Å²) in [5.41, 5.74) is 2.10. The van der Waals surface area contributed by atoms with E-state index in [0.717, 1.165) is 5.69 Å². The largest absolute Gasteiger partial charge is 0.353 e. The third-order valence-electron chi connectivity index (χ3n) is 2.17. The maximum absolute atomic E-state index is 11.4. The molecule has 0 atom stereocenters. The van der Waals surface area contributed by atoms with Gasteiger partial charge in [-0.2, -0.15) is 0 Å². The molecule has 1 amide bonds. The minimum atomic E-state index is -0.0712. The van der Waals surface area contributed by atoms with Crippen LogP contribution in [0.2, 0.25) is 0 Å². The summed E-state index contributed by atoms with van der Waals surface area (Å²) in [6.07, 6.45) is 0. The van der Waals surface area contributed by atoms with Crippen LogP contribution in [0.5, 0.6) is 0 Å². The Morgan fingerprint density at radius 1 is 1.28 bits per heavy atom. The van der Waals surface area contributed by atoms with Crippen LogP contribution in [-0.2, 0) is 4.79 Å². The first-order valence-corrected chi connectivity index (χ1v) is 6.29. The van der Waals surface area contributed by atoms with E-state index in [1.807, 2.05) is 45.0 Å². The fraction of sp³-hybridized carbons (Fsp3) is 0.385. The molecule has 0 heterocycles. The average Bonchev–Trinajstić information content (AvgIpc) is 2.29. The summed E-state index contributed by atoms with van der Waals surface area (Å²) in [4.78, 5) is 11.4. The second-order valence-electron chi connectivity index (χ2n) is 4.40. The van der Waals surface area contributed by atoms with Gasteiger partial charge in [-0.05, 0) is 45.1 Å².